The molecular weight excluding hydrogens is 138 g/mol. The van der Waals surface area contributed by atoms with E-state index in [1.54, 1.807) is 0 Å². The lowest BCUT2D eigenvalue weighted by molar-refractivity contribution is -0.119. The summed E-state index contributed by atoms with van der Waals surface area (Å²) in [7, 11) is 0. The molecule has 1 rings (SSSR count). The molecule has 1 aliphatic heterocycles. The number of ketones is 1. The van der Waals surface area contributed by atoms with Gasteiger partial charge in [-0.25, -0.2) is 0 Å². The number of nitrogens with one attached hydrogen (secondary N) is 1. The highest BCUT2D eigenvalue weighted by Crippen LogP contribution is 2.01. The highest BCUT2D eigenvalue weighted by atomic mass is 35.5. The zero-order valence-electron chi connectivity index (χ0n) is 5.52. The molecule has 1 saturated heterocycles. The second-order valence-corrected chi connectivity index (χ2v) is 2.36. The van der Waals surface area contributed by atoms with Gasteiger partial charge in [0.2, 0.25) is 0 Å². The second kappa shape index (κ2) is 3.85. The third-order valence-corrected chi connectivity index (χ3v) is 1.50. The summed E-state index contributed by atoms with van der Waals surface area (Å²) < 4.78 is 0. The predicted molar refractivity (Wildman–Crippen MR) is 39.0 cm³/mol. The largest absolute Gasteiger partial charge is 0.307 e. The maximum Gasteiger partial charge on any atom is 0.146 e. The van der Waals surface area contributed by atoms with Crippen molar-refractivity contribution in [2.24, 2.45) is 0 Å². The molecule has 0 aromatic carbocycles. The first kappa shape index (κ1) is 8.92. The van der Waals surface area contributed by atoms with Gasteiger partial charge in [0.25, 0.3) is 0 Å². The number of hydrogen-bond acceptors (Lipinski definition) is 2. The third kappa shape index (κ3) is 2.82. The molecule has 0 aromatic heterocycles. The van der Waals surface area contributed by atoms with Gasteiger partial charge >= 0.3 is 0 Å². The fourth-order valence-corrected chi connectivity index (χ4v) is 0.856. The Morgan fingerprint density at radius 1 is 1.67 bits per heavy atom. The van der Waals surface area contributed by atoms with Gasteiger partial charge in [-0.3, -0.25) is 4.79 Å². The van der Waals surface area contributed by atoms with E-state index in [1.165, 1.54) is 0 Å². The summed E-state index contributed by atoms with van der Waals surface area (Å²) in [6, 6.07) is 0.549. The van der Waals surface area contributed by atoms with Crippen molar-refractivity contribution in [3.05, 3.63) is 0 Å². The SMILES string of the molecule is CC1CCC(=O)CN1.Cl. The normalized spacial score (nSPS) is 27.2. The molecule has 1 N–H and O–H groups in total. The van der Waals surface area contributed by atoms with Crippen LogP contribution in [0.5, 0.6) is 0 Å². The van der Waals surface area contributed by atoms with Gasteiger partial charge in [-0.15, -0.1) is 12.4 Å². The molecule has 0 saturated carbocycles. The lowest BCUT2D eigenvalue weighted by Crippen LogP contribution is -2.36. The molecule has 0 radical (unpaired) electrons. The van der Waals surface area contributed by atoms with E-state index in [1.807, 2.05) is 0 Å². The Balaban J connectivity index is 0.000000640. The second-order valence-electron chi connectivity index (χ2n) is 2.36. The van der Waals surface area contributed by atoms with Crippen LogP contribution in [0.1, 0.15) is 19.8 Å². The van der Waals surface area contributed by atoms with Crippen molar-refractivity contribution in [2.75, 3.05) is 6.54 Å². The number of piperidine rings is 1. The minimum Gasteiger partial charge on any atom is -0.307 e. The molecule has 54 valence electrons. The maximum atomic E-state index is 10.5. The molecule has 1 unspecified atom stereocenters. The van der Waals surface area contributed by atoms with Crippen LogP contribution in [0.25, 0.3) is 0 Å². The number of halogens is 1. The average Bonchev–Trinajstić information content (AvgIpc) is 1.77. The zero-order chi connectivity index (χ0) is 5.98. The van der Waals surface area contributed by atoms with Crippen LogP contribution in [-0.4, -0.2) is 18.4 Å². The van der Waals surface area contributed by atoms with E-state index in [0.717, 1.165) is 12.8 Å². The summed E-state index contributed by atoms with van der Waals surface area (Å²) in [4.78, 5) is 10.5. The van der Waals surface area contributed by atoms with Crippen molar-refractivity contribution in [3.8, 4) is 0 Å². The van der Waals surface area contributed by atoms with Gasteiger partial charge in [-0.05, 0) is 13.3 Å². The van der Waals surface area contributed by atoms with Gasteiger partial charge in [0.15, 0.2) is 0 Å². The van der Waals surface area contributed by atoms with Gasteiger partial charge < -0.3 is 5.32 Å². The van der Waals surface area contributed by atoms with E-state index in [2.05, 4.69) is 12.2 Å². The van der Waals surface area contributed by atoms with Crippen LogP contribution in [0.3, 0.4) is 0 Å². The van der Waals surface area contributed by atoms with Crippen LogP contribution >= 0.6 is 12.4 Å². The van der Waals surface area contributed by atoms with Crippen molar-refractivity contribution < 1.29 is 4.79 Å². The highest BCUT2D eigenvalue weighted by Gasteiger charge is 2.12. The first-order chi connectivity index (χ1) is 3.79. The molecule has 0 amide bonds. The lowest BCUT2D eigenvalue weighted by atomic mass is 10.1. The summed E-state index contributed by atoms with van der Waals surface area (Å²) in [6.07, 6.45) is 1.78. The molecular formula is C6H12ClNO. The van der Waals surface area contributed by atoms with Crippen LogP contribution in [0.15, 0.2) is 0 Å². The minimum absolute atomic E-state index is 0. The summed E-state index contributed by atoms with van der Waals surface area (Å²) >= 11 is 0. The zero-order valence-corrected chi connectivity index (χ0v) is 6.33. The highest BCUT2D eigenvalue weighted by molar-refractivity contribution is 5.85. The minimum atomic E-state index is 0. The Morgan fingerprint density at radius 3 is 2.67 bits per heavy atom. The van der Waals surface area contributed by atoms with E-state index in [4.69, 9.17) is 0 Å². The molecule has 3 heteroatoms. The molecule has 9 heavy (non-hydrogen) atoms. The van der Waals surface area contributed by atoms with Crippen LogP contribution < -0.4 is 5.32 Å². The molecule has 2 nitrogen and oxygen atoms in total. The van der Waals surface area contributed by atoms with Crippen molar-refractivity contribution in [3.63, 3.8) is 0 Å². The molecule has 0 aromatic rings. The third-order valence-electron chi connectivity index (χ3n) is 1.50. The molecule has 1 fully saturated rings. The standard InChI is InChI=1S/C6H11NO.ClH/c1-5-2-3-6(8)4-7-5;/h5,7H,2-4H2,1H3;1H. The molecule has 1 aliphatic rings. The van der Waals surface area contributed by atoms with Crippen LogP contribution in [0.4, 0.5) is 0 Å². The predicted octanol–water partition coefficient (Wildman–Crippen LogP) is 0.749. The Kier molecular flexibility index (Phi) is 3.82. The monoisotopic (exact) mass is 149 g/mol. The first-order valence-electron chi connectivity index (χ1n) is 3.04. The van der Waals surface area contributed by atoms with Gasteiger partial charge in [0.1, 0.15) is 5.78 Å². The Hall–Kier alpha value is -0.0800. The van der Waals surface area contributed by atoms with Crippen molar-refractivity contribution in [2.45, 2.75) is 25.8 Å². The smallest absolute Gasteiger partial charge is 0.146 e. The number of rotatable bonds is 0. The van der Waals surface area contributed by atoms with Crippen LogP contribution in [0, 0.1) is 0 Å². The Bertz CT molecular complexity index is 95.2. The summed E-state index contributed by atoms with van der Waals surface area (Å²) in [5, 5.41) is 3.08. The fraction of sp³-hybridized carbons (Fsp3) is 0.833. The summed E-state index contributed by atoms with van der Waals surface area (Å²) in [5.41, 5.74) is 0. The quantitative estimate of drug-likeness (QED) is 0.551. The van der Waals surface area contributed by atoms with E-state index in [0.29, 0.717) is 18.4 Å². The Morgan fingerprint density at radius 2 is 2.33 bits per heavy atom. The van der Waals surface area contributed by atoms with Gasteiger partial charge in [0.05, 0.1) is 6.54 Å². The molecule has 1 atom stereocenters. The fourth-order valence-electron chi connectivity index (χ4n) is 0.856. The first-order valence-corrected chi connectivity index (χ1v) is 3.04. The van der Waals surface area contributed by atoms with Crippen LogP contribution in [0.2, 0.25) is 0 Å². The van der Waals surface area contributed by atoms with Crippen molar-refractivity contribution in [1.29, 1.82) is 0 Å². The van der Waals surface area contributed by atoms with Gasteiger partial charge in [-0.2, -0.15) is 0 Å². The number of carbonyl (C=O) groups is 1. The molecule has 0 spiro atoms. The van der Waals surface area contributed by atoms with Crippen molar-refractivity contribution in [1.82, 2.24) is 5.32 Å². The van der Waals surface area contributed by atoms with E-state index < -0.39 is 0 Å². The lowest BCUT2D eigenvalue weighted by Gasteiger charge is -2.17. The topological polar surface area (TPSA) is 29.1 Å². The number of hydrogen-bond donors (Lipinski definition) is 1. The molecule has 0 aliphatic carbocycles. The van der Waals surface area contributed by atoms with Gasteiger partial charge in [-0.1, -0.05) is 0 Å². The summed E-state index contributed by atoms with van der Waals surface area (Å²) in [5.74, 6) is 0.350. The van der Waals surface area contributed by atoms with Crippen LogP contribution in [-0.2, 0) is 4.79 Å². The van der Waals surface area contributed by atoms with Gasteiger partial charge in [0, 0.05) is 12.5 Å². The van der Waals surface area contributed by atoms with E-state index >= 15 is 0 Å². The number of carbonyl (C=O) groups excluding carboxylic acids is 1. The van der Waals surface area contributed by atoms with Crippen molar-refractivity contribution >= 4 is 18.2 Å². The molecule has 0 bridgehead atoms. The summed E-state index contributed by atoms with van der Waals surface area (Å²) in [6.45, 7) is 2.69. The average molecular weight is 150 g/mol. The Labute approximate surface area is 61.4 Å². The maximum absolute atomic E-state index is 10.5. The number of Topliss-reactive ketones (excluding diaryl/α,β-unsaturated/α-hetero) is 1. The molecule has 1 heterocycles. The van der Waals surface area contributed by atoms with E-state index in [9.17, 15) is 4.79 Å². The van der Waals surface area contributed by atoms with E-state index in [-0.39, 0.29) is 12.4 Å².